The number of phenols is 6. The Labute approximate surface area is 305 Å². The summed E-state index contributed by atoms with van der Waals surface area (Å²) in [5.74, 6) is -3.86. The molecule has 1 aliphatic heterocycles. The Morgan fingerprint density at radius 2 is 1.15 bits per heavy atom. The van der Waals surface area contributed by atoms with Gasteiger partial charge < -0.3 is 40.1 Å². The third-order valence-electron chi connectivity index (χ3n) is 9.75. The molecule has 0 atom stereocenters. The highest BCUT2D eigenvalue weighted by atomic mass is 16.5. The van der Waals surface area contributed by atoms with E-state index in [1.54, 1.807) is 64.1 Å². The summed E-state index contributed by atoms with van der Waals surface area (Å²) in [6, 6.07) is 9.94. The van der Waals surface area contributed by atoms with Crippen LogP contribution in [0.5, 0.6) is 40.2 Å². The molecule has 5 aromatic carbocycles. The van der Waals surface area contributed by atoms with Gasteiger partial charge in [0, 0.05) is 38.6 Å². The van der Waals surface area contributed by atoms with Crippen LogP contribution in [-0.2, 0) is 9.53 Å². The van der Waals surface area contributed by atoms with Crippen LogP contribution in [0.2, 0.25) is 0 Å². The maximum Gasteiger partial charge on any atom is 0.284 e. The molecule has 0 aliphatic carbocycles. The van der Waals surface area contributed by atoms with Gasteiger partial charge in [-0.15, -0.1) is 5.10 Å². The highest BCUT2D eigenvalue weighted by Crippen LogP contribution is 2.55. The fourth-order valence-corrected chi connectivity index (χ4v) is 7.34. The second-order valence-electron chi connectivity index (χ2n) is 13.6. The Hall–Kier alpha value is -6.43. The molecule has 0 saturated heterocycles. The zero-order valence-corrected chi connectivity index (χ0v) is 30.5. The maximum atomic E-state index is 13.9. The van der Waals surface area contributed by atoms with E-state index in [9.17, 15) is 40.2 Å². The van der Waals surface area contributed by atoms with Crippen molar-refractivity contribution < 1.29 is 49.7 Å². The molecule has 53 heavy (non-hydrogen) atoms. The molecule has 0 aromatic heterocycles. The standard InChI is InChI=1S/C41H40N2O10/c1-17(2)28-23-13-19(5)30(31-20(6)14-24-29(18(3)4)39(50)35(46)27(16-44)33(24)37(31)48)36(47)32(23)25(34(45)38(28)49)15-26-40(53-8)42-43(41(26)51)21-9-11-22(52-7)12-10-21/h9-18,45-50H,1-8H3/b26-15-. The summed E-state index contributed by atoms with van der Waals surface area (Å²) in [5, 5.41) is 75.3. The van der Waals surface area contributed by atoms with E-state index in [4.69, 9.17) is 9.47 Å². The zero-order chi connectivity index (χ0) is 38.8. The van der Waals surface area contributed by atoms with Crippen molar-refractivity contribution in [2.45, 2.75) is 53.4 Å². The van der Waals surface area contributed by atoms with Gasteiger partial charge in [0.05, 0.1) is 25.5 Å². The number of aromatic hydroxyl groups is 6. The lowest BCUT2D eigenvalue weighted by Crippen LogP contribution is -2.21. The van der Waals surface area contributed by atoms with Gasteiger partial charge in [-0.25, -0.2) is 0 Å². The van der Waals surface area contributed by atoms with Crippen LogP contribution in [0.1, 0.15) is 77.7 Å². The minimum absolute atomic E-state index is 0.0200. The zero-order valence-electron chi connectivity index (χ0n) is 30.5. The van der Waals surface area contributed by atoms with Crippen molar-refractivity contribution >= 4 is 51.4 Å². The number of methoxy groups -OCH3 is 2. The molecule has 274 valence electrons. The highest BCUT2D eigenvalue weighted by Gasteiger charge is 2.35. The van der Waals surface area contributed by atoms with E-state index in [1.807, 2.05) is 13.8 Å². The number of anilines is 1. The fraction of sp³-hybridized carbons (Fsp3) is 0.244. The van der Waals surface area contributed by atoms with Gasteiger partial charge in [0.1, 0.15) is 22.8 Å². The monoisotopic (exact) mass is 720 g/mol. The van der Waals surface area contributed by atoms with E-state index >= 15 is 0 Å². The Kier molecular flexibility index (Phi) is 9.11. The van der Waals surface area contributed by atoms with Crippen LogP contribution in [0.3, 0.4) is 0 Å². The number of rotatable bonds is 7. The molecule has 6 N–H and O–H groups in total. The predicted octanol–water partition coefficient (Wildman–Crippen LogP) is 7.97. The lowest BCUT2D eigenvalue weighted by Gasteiger charge is -2.23. The van der Waals surface area contributed by atoms with Crippen molar-refractivity contribution in [3.63, 3.8) is 0 Å². The Morgan fingerprint density at radius 1 is 0.679 bits per heavy atom. The number of nitrogens with zero attached hydrogens (tertiary/aromatic N) is 2. The molecule has 0 unspecified atom stereocenters. The van der Waals surface area contributed by atoms with Crippen LogP contribution in [0.4, 0.5) is 5.69 Å². The molecule has 0 saturated carbocycles. The number of hydrogen-bond acceptors (Lipinski definition) is 11. The van der Waals surface area contributed by atoms with E-state index in [2.05, 4.69) is 5.10 Å². The molecular weight excluding hydrogens is 680 g/mol. The lowest BCUT2D eigenvalue weighted by atomic mass is 9.83. The Bertz CT molecular complexity index is 2440. The largest absolute Gasteiger partial charge is 0.507 e. The van der Waals surface area contributed by atoms with Gasteiger partial charge in [0.2, 0.25) is 5.90 Å². The predicted molar refractivity (Wildman–Crippen MR) is 203 cm³/mol. The molecule has 0 spiro atoms. The van der Waals surface area contributed by atoms with E-state index < -0.39 is 40.4 Å². The molecule has 0 bridgehead atoms. The minimum atomic E-state index is -0.683. The quantitative estimate of drug-likeness (QED) is 0.0546. The van der Waals surface area contributed by atoms with Crippen molar-refractivity contribution in [1.82, 2.24) is 0 Å². The minimum Gasteiger partial charge on any atom is -0.507 e. The third-order valence-corrected chi connectivity index (χ3v) is 9.75. The summed E-state index contributed by atoms with van der Waals surface area (Å²) < 4.78 is 10.7. The van der Waals surface area contributed by atoms with Crippen LogP contribution >= 0.6 is 0 Å². The number of carbonyl (C=O) groups is 2. The van der Waals surface area contributed by atoms with E-state index in [-0.39, 0.29) is 56.3 Å². The van der Waals surface area contributed by atoms with Gasteiger partial charge >= 0.3 is 0 Å². The number of carbonyl (C=O) groups excluding carboxylic acids is 2. The summed E-state index contributed by atoms with van der Waals surface area (Å²) >= 11 is 0. The van der Waals surface area contributed by atoms with Gasteiger partial charge in [0.15, 0.2) is 29.3 Å². The Balaban J connectivity index is 1.70. The van der Waals surface area contributed by atoms with Crippen LogP contribution < -0.4 is 9.75 Å². The average molecular weight is 721 g/mol. The topological polar surface area (TPSA) is 190 Å². The number of hydrazone groups is 1. The van der Waals surface area contributed by atoms with Crippen LogP contribution in [0.25, 0.3) is 38.7 Å². The second kappa shape index (κ2) is 13.3. The van der Waals surface area contributed by atoms with Crippen molar-refractivity contribution in [3.05, 3.63) is 75.4 Å². The molecule has 1 amide bonds. The van der Waals surface area contributed by atoms with E-state index in [0.717, 1.165) is 5.01 Å². The smallest absolute Gasteiger partial charge is 0.284 e. The van der Waals surface area contributed by atoms with Crippen molar-refractivity contribution in [3.8, 4) is 51.4 Å². The summed E-state index contributed by atoms with van der Waals surface area (Å²) in [4.78, 5) is 26.2. The number of benzene rings is 5. The number of phenolic OH excluding ortho intramolecular Hbond substituents is 6. The van der Waals surface area contributed by atoms with Crippen LogP contribution in [0.15, 0.2) is 47.1 Å². The summed E-state index contributed by atoms with van der Waals surface area (Å²) in [5.41, 5.74) is 1.67. The first-order chi connectivity index (χ1) is 25.1. The fourth-order valence-electron chi connectivity index (χ4n) is 7.34. The first-order valence-corrected chi connectivity index (χ1v) is 16.9. The molecule has 5 aromatic rings. The van der Waals surface area contributed by atoms with Crippen molar-refractivity contribution in [2.75, 3.05) is 19.2 Å². The summed E-state index contributed by atoms with van der Waals surface area (Å²) in [7, 11) is 2.84. The number of aryl methyl sites for hydroxylation is 2. The van der Waals surface area contributed by atoms with Gasteiger partial charge in [-0.1, -0.05) is 39.8 Å². The van der Waals surface area contributed by atoms with E-state index in [1.165, 1.54) is 20.3 Å². The number of hydrogen-bond donors (Lipinski definition) is 6. The molecule has 0 fully saturated rings. The highest BCUT2D eigenvalue weighted by molar-refractivity contribution is 6.31. The molecule has 1 aliphatic rings. The summed E-state index contributed by atoms with van der Waals surface area (Å²) in [6.07, 6.45) is 1.62. The molecule has 12 heteroatoms. The van der Waals surface area contributed by atoms with Crippen LogP contribution in [-0.4, -0.2) is 62.9 Å². The molecule has 0 radical (unpaired) electrons. The molecule has 6 rings (SSSR count). The SMILES string of the molecule is COC1=NN(c2ccc(OC)cc2)C(=O)/C1=C\c1c(O)c(O)c(C(C)C)c2cc(C)c(-c3c(C)cc4c(C(C)C)c(O)c(O)c(C=O)c4c3O)c(O)c12. The lowest BCUT2D eigenvalue weighted by molar-refractivity contribution is -0.114. The van der Waals surface area contributed by atoms with Gasteiger partial charge in [0.25, 0.3) is 5.91 Å². The Morgan fingerprint density at radius 3 is 1.58 bits per heavy atom. The normalized spacial score (nSPS) is 13.9. The average Bonchev–Trinajstić information content (AvgIpc) is 3.43. The molecule has 1 heterocycles. The number of aldehydes is 1. The van der Waals surface area contributed by atoms with Crippen molar-refractivity contribution in [1.29, 1.82) is 0 Å². The number of amides is 1. The van der Waals surface area contributed by atoms with Crippen molar-refractivity contribution in [2.24, 2.45) is 5.10 Å². The first kappa shape index (κ1) is 36.4. The number of ether oxygens (including phenoxy) is 2. The maximum absolute atomic E-state index is 13.9. The number of fused-ring (bicyclic) bond motifs is 2. The first-order valence-electron chi connectivity index (χ1n) is 16.9. The molecule has 12 nitrogen and oxygen atoms in total. The van der Waals surface area contributed by atoms with Gasteiger partial charge in [-0.3, -0.25) is 9.59 Å². The summed E-state index contributed by atoms with van der Waals surface area (Å²) in [6.45, 7) is 10.6. The van der Waals surface area contributed by atoms with E-state index in [0.29, 0.717) is 50.7 Å². The second-order valence-corrected chi connectivity index (χ2v) is 13.6. The van der Waals surface area contributed by atoms with Crippen LogP contribution in [0, 0.1) is 13.8 Å². The third kappa shape index (κ3) is 5.49. The van der Waals surface area contributed by atoms with Gasteiger partial charge in [-0.2, -0.15) is 5.01 Å². The van der Waals surface area contributed by atoms with Gasteiger partial charge in [-0.05, 0) is 77.9 Å². The molecular formula is C41H40N2O10.